The van der Waals surface area contributed by atoms with Crippen molar-refractivity contribution >= 4 is 12.7 Å². The molecule has 0 aliphatic heterocycles. The van der Waals surface area contributed by atoms with Crippen LogP contribution in [-0.4, -0.2) is 52.9 Å². The van der Waals surface area contributed by atoms with Crippen molar-refractivity contribution in [3.63, 3.8) is 0 Å². The van der Waals surface area contributed by atoms with Crippen LogP contribution in [-0.2, 0) is 9.59 Å². The summed E-state index contributed by atoms with van der Waals surface area (Å²) in [5, 5.41) is 28.4. The van der Waals surface area contributed by atoms with E-state index in [9.17, 15) is 9.59 Å². The molecule has 0 aliphatic carbocycles. The average Bonchev–Trinajstić information content (AvgIpc) is 2.11. The Morgan fingerprint density at radius 2 is 1.92 bits per heavy atom. The molecule has 1 amide bonds. The fraction of sp³-hybridized carbons (Fsp3) is 0.667. The zero-order valence-corrected chi connectivity index (χ0v) is 6.25. The van der Waals surface area contributed by atoms with Gasteiger partial charge in [-0.2, -0.15) is 0 Å². The summed E-state index contributed by atoms with van der Waals surface area (Å²) < 4.78 is 0. The summed E-state index contributed by atoms with van der Waals surface area (Å²) >= 11 is 0. The molecule has 0 saturated carbocycles. The molecular weight excluding hydrogens is 166 g/mol. The van der Waals surface area contributed by atoms with E-state index in [1.807, 2.05) is 5.32 Å². The highest BCUT2D eigenvalue weighted by atomic mass is 16.3. The molecule has 0 spiro atoms. The van der Waals surface area contributed by atoms with Gasteiger partial charge < -0.3 is 25.4 Å². The van der Waals surface area contributed by atoms with Crippen LogP contribution in [0.2, 0.25) is 0 Å². The number of nitrogens with one attached hydrogen (secondary N) is 1. The Morgan fingerprint density at radius 1 is 1.33 bits per heavy atom. The van der Waals surface area contributed by atoms with Crippen molar-refractivity contribution in [2.24, 2.45) is 0 Å². The fourth-order valence-electron chi connectivity index (χ4n) is 0.665. The number of carbonyl (C=O) groups excluding carboxylic acids is 2. The van der Waals surface area contributed by atoms with E-state index in [1.165, 1.54) is 0 Å². The molecule has 0 aromatic rings. The maximum absolute atomic E-state index is 9.96. The maximum Gasteiger partial charge on any atom is 0.207 e. The molecule has 12 heavy (non-hydrogen) atoms. The zero-order valence-electron chi connectivity index (χ0n) is 6.25. The molecule has 0 unspecified atom stereocenters. The van der Waals surface area contributed by atoms with Crippen molar-refractivity contribution in [2.45, 2.75) is 18.2 Å². The van der Waals surface area contributed by atoms with E-state index in [0.29, 0.717) is 0 Å². The molecule has 0 rings (SSSR count). The average molecular weight is 177 g/mol. The van der Waals surface area contributed by atoms with E-state index in [-0.39, 0.29) is 12.7 Å². The van der Waals surface area contributed by atoms with E-state index in [4.69, 9.17) is 15.3 Å². The quantitative estimate of drug-likeness (QED) is 0.324. The van der Waals surface area contributed by atoms with Gasteiger partial charge in [-0.3, -0.25) is 4.79 Å². The first-order chi connectivity index (χ1) is 5.67. The van der Waals surface area contributed by atoms with Crippen molar-refractivity contribution in [2.75, 3.05) is 6.61 Å². The van der Waals surface area contributed by atoms with Gasteiger partial charge in [0, 0.05) is 0 Å². The molecule has 0 aromatic heterocycles. The standard InChI is InChI=1S/C6H11NO5/c8-1-4(7-3-10)6(12)5(11)2-9/h2-6,8,11-12H,1H2,(H,7,10)/t4-,5-,6-/m0/s1. The lowest BCUT2D eigenvalue weighted by Crippen LogP contribution is -2.48. The first kappa shape index (κ1) is 11.0. The second-order valence-electron chi connectivity index (χ2n) is 2.19. The smallest absolute Gasteiger partial charge is 0.207 e. The summed E-state index contributed by atoms with van der Waals surface area (Å²) in [4.78, 5) is 19.8. The van der Waals surface area contributed by atoms with Crippen molar-refractivity contribution < 1.29 is 24.9 Å². The molecule has 4 N–H and O–H groups in total. The molecule has 0 aliphatic rings. The highest BCUT2D eigenvalue weighted by molar-refractivity contribution is 5.57. The summed E-state index contributed by atoms with van der Waals surface area (Å²) in [7, 11) is 0. The van der Waals surface area contributed by atoms with Crippen LogP contribution in [0.1, 0.15) is 0 Å². The summed E-state index contributed by atoms with van der Waals surface area (Å²) in [5.41, 5.74) is 0. The lowest BCUT2D eigenvalue weighted by Gasteiger charge is -2.21. The number of carbonyl (C=O) groups is 2. The molecule has 0 heterocycles. The summed E-state index contributed by atoms with van der Waals surface area (Å²) in [5.74, 6) is 0. The minimum atomic E-state index is -1.60. The molecule has 0 fully saturated rings. The Hall–Kier alpha value is -0.980. The Kier molecular flexibility index (Phi) is 5.18. The number of aldehydes is 1. The van der Waals surface area contributed by atoms with Crippen molar-refractivity contribution in [1.82, 2.24) is 5.32 Å². The van der Waals surface area contributed by atoms with E-state index < -0.39 is 24.9 Å². The molecule has 70 valence electrons. The molecule has 0 aromatic carbocycles. The van der Waals surface area contributed by atoms with E-state index >= 15 is 0 Å². The van der Waals surface area contributed by atoms with Crippen molar-refractivity contribution in [3.8, 4) is 0 Å². The Balaban J connectivity index is 4.08. The minimum absolute atomic E-state index is 0.125. The normalized spacial score (nSPS) is 17.6. The van der Waals surface area contributed by atoms with Gasteiger partial charge in [0.2, 0.25) is 6.41 Å². The second kappa shape index (κ2) is 5.64. The molecule has 0 saturated heterocycles. The second-order valence-corrected chi connectivity index (χ2v) is 2.19. The van der Waals surface area contributed by atoms with Gasteiger partial charge >= 0.3 is 0 Å². The van der Waals surface area contributed by atoms with Gasteiger partial charge in [-0.1, -0.05) is 0 Å². The van der Waals surface area contributed by atoms with Crippen LogP contribution >= 0.6 is 0 Å². The fourth-order valence-corrected chi connectivity index (χ4v) is 0.665. The highest BCUT2D eigenvalue weighted by Gasteiger charge is 2.24. The topological polar surface area (TPSA) is 107 Å². The number of amides is 1. The van der Waals surface area contributed by atoms with Crippen LogP contribution in [0.5, 0.6) is 0 Å². The lowest BCUT2D eigenvalue weighted by atomic mass is 10.1. The molecule has 0 radical (unpaired) electrons. The number of aliphatic hydroxyl groups is 3. The van der Waals surface area contributed by atoms with E-state index in [2.05, 4.69) is 0 Å². The van der Waals surface area contributed by atoms with Crippen molar-refractivity contribution in [1.29, 1.82) is 0 Å². The van der Waals surface area contributed by atoms with Gasteiger partial charge in [0.1, 0.15) is 12.2 Å². The van der Waals surface area contributed by atoms with Gasteiger partial charge in [0.05, 0.1) is 12.6 Å². The van der Waals surface area contributed by atoms with E-state index in [1.54, 1.807) is 0 Å². The van der Waals surface area contributed by atoms with Crippen LogP contribution in [0.4, 0.5) is 0 Å². The van der Waals surface area contributed by atoms with Crippen LogP contribution in [0.25, 0.3) is 0 Å². The van der Waals surface area contributed by atoms with Crippen LogP contribution in [0.15, 0.2) is 0 Å². The minimum Gasteiger partial charge on any atom is -0.394 e. The van der Waals surface area contributed by atoms with Gasteiger partial charge in [0.25, 0.3) is 0 Å². The Labute approximate surface area is 68.8 Å². The lowest BCUT2D eigenvalue weighted by molar-refractivity contribution is -0.123. The van der Waals surface area contributed by atoms with Crippen LogP contribution in [0, 0.1) is 0 Å². The third kappa shape index (κ3) is 2.95. The number of aliphatic hydroxyl groups excluding tert-OH is 3. The largest absolute Gasteiger partial charge is 0.394 e. The first-order valence-electron chi connectivity index (χ1n) is 3.29. The van der Waals surface area contributed by atoms with Gasteiger partial charge in [-0.05, 0) is 0 Å². The Bertz CT molecular complexity index is 151. The summed E-state index contributed by atoms with van der Waals surface area (Å²) in [6.07, 6.45) is -2.70. The van der Waals surface area contributed by atoms with Gasteiger partial charge in [-0.15, -0.1) is 0 Å². The van der Waals surface area contributed by atoms with Gasteiger partial charge in [-0.25, -0.2) is 0 Å². The van der Waals surface area contributed by atoms with E-state index in [0.717, 1.165) is 0 Å². The number of hydrogen-bond acceptors (Lipinski definition) is 5. The van der Waals surface area contributed by atoms with Gasteiger partial charge in [0.15, 0.2) is 6.29 Å². The predicted octanol–water partition coefficient (Wildman–Crippen LogP) is -2.99. The third-order valence-corrected chi connectivity index (χ3v) is 1.38. The maximum atomic E-state index is 9.96. The first-order valence-corrected chi connectivity index (χ1v) is 3.29. The summed E-state index contributed by atoms with van der Waals surface area (Å²) in [6, 6.07) is -1.03. The number of rotatable bonds is 6. The zero-order chi connectivity index (χ0) is 9.56. The SMILES string of the molecule is O=CN[C@@H](CO)[C@H](O)[C@@H](O)C=O. The Morgan fingerprint density at radius 3 is 2.25 bits per heavy atom. The van der Waals surface area contributed by atoms with Crippen LogP contribution < -0.4 is 5.32 Å². The predicted molar refractivity (Wildman–Crippen MR) is 38.2 cm³/mol. The summed E-state index contributed by atoms with van der Waals surface area (Å²) in [6.45, 7) is -0.551. The molecule has 3 atom stereocenters. The molecule has 6 heteroatoms. The van der Waals surface area contributed by atoms with Crippen molar-refractivity contribution in [3.05, 3.63) is 0 Å². The van der Waals surface area contributed by atoms with Crippen LogP contribution in [0.3, 0.4) is 0 Å². The molecule has 0 bridgehead atoms. The molecule has 6 nitrogen and oxygen atoms in total. The third-order valence-electron chi connectivity index (χ3n) is 1.38. The highest BCUT2D eigenvalue weighted by Crippen LogP contribution is 1.96. The molecular formula is C6H11NO5. The number of hydrogen-bond donors (Lipinski definition) is 4. The monoisotopic (exact) mass is 177 g/mol.